The van der Waals surface area contributed by atoms with Gasteiger partial charge in [-0.25, -0.2) is 9.78 Å². The molecule has 2 amide bonds. The first-order chi connectivity index (χ1) is 10.1. The Morgan fingerprint density at radius 2 is 2.38 bits per heavy atom. The molecule has 2 aromatic heterocycles. The lowest BCUT2D eigenvalue weighted by molar-refractivity contribution is -0.0640. The summed E-state index contributed by atoms with van der Waals surface area (Å²) in [4.78, 5) is 19.4. The van der Waals surface area contributed by atoms with Crippen LogP contribution in [0.4, 0.5) is 9.93 Å². The molecule has 2 atom stereocenters. The molecule has 1 fully saturated rings. The second kappa shape index (κ2) is 6.13. The Morgan fingerprint density at radius 1 is 1.52 bits per heavy atom. The molecule has 0 unspecified atom stereocenters. The lowest BCUT2D eigenvalue weighted by Crippen LogP contribution is -2.47. The average molecular weight is 323 g/mol. The highest BCUT2D eigenvalue weighted by Gasteiger charge is 2.29. The Morgan fingerprint density at radius 3 is 3.05 bits per heavy atom. The largest absolute Gasteiger partial charge is 0.367 e. The third kappa shape index (κ3) is 3.42. The van der Waals surface area contributed by atoms with Gasteiger partial charge in [0.15, 0.2) is 5.13 Å². The van der Waals surface area contributed by atoms with Gasteiger partial charge >= 0.3 is 6.03 Å². The van der Waals surface area contributed by atoms with Gasteiger partial charge in [-0.05, 0) is 36.2 Å². The van der Waals surface area contributed by atoms with Gasteiger partial charge in [-0.1, -0.05) is 0 Å². The molecule has 2 aromatic rings. The van der Waals surface area contributed by atoms with E-state index in [2.05, 4.69) is 15.7 Å². The summed E-state index contributed by atoms with van der Waals surface area (Å²) < 4.78 is 5.94. The number of anilines is 1. The fourth-order valence-corrected chi connectivity index (χ4v) is 3.70. The lowest BCUT2D eigenvalue weighted by atomic mass is 10.1. The summed E-state index contributed by atoms with van der Waals surface area (Å²) in [6.45, 7) is 5.12. The summed E-state index contributed by atoms with van der Waals surface area (Å²) in [5, 5.41) is 7.60. The van der Waals surface area contributed by atoms with Crippen LogP contribution in [0, 0.1) is 6.92 Å². The van der Waals surface area contributed by atoms with Gasteiger partial charge in [0.2, 0.25) is 0 Å². The van der Waals surface area contributed by atoms with E-state index in [4.69, 9.17) is 4.74 Å². The first-order valence-corrected chi connectivity index (χ1v) is 8.53. The Bertz CT molecular complexity index is 612. The summed E-state index contributed by atoms with van der Waals surface area (Å²) in [5.74, 6) is 0. The maximum absolute atomic E-state index is 12.4. The van der Waals surface area contributed by atoms with Crippen LogP contribution in [0.15, 0.2) is 23.0 Å². The van der Waals surface area contributed by atoms with Crippen molar-refractivity contribution >= 4 is 33.8 Å². The summed E-state index contributed by atoms with van der Waals surface area (Å²) >= 11 is 3.12. The minimum Gasteiger partial charge on any atom is -0.367 e. The van der Waals surface area contributed by atoms with Gasteiger partial charge in [-0.2, -0.15) is 11.3 Å². The van der Waals surface area contributed by atoms with Gasteiger partial charge in [0.05, 0.1) is 12.6 Å². The van der Waals surface area contributed by atoms with Crippen LogP contribution in [0.3, 0.4) is 0 Å². The fourth-order valence-electron chi connectivity index (χ4n) is 2.34. The van der Waals surface area contributed by atoms with E-state index in [1.54, 1.807) is 22.4 Å². The summed E-state index contributed by atoms with van der Waals surface area (Å²) in [5.41, 5.74) is 1.13. The highest BCUT2D eigenvalue weighted by molar-refractivity contribution is 7.15. The molecule has 112 valence electrons. The Kier molecular flexibility index (Phi) is 4.23. The van der Waals surface area contributed by atoms with Crippen molar-refractivity contribution in [2.75, 3.05) is 18.4 Å². The molecule has 0 radical (unpaired) electrons. The van der Waals surface area contributed by atoms with Crippen LogP contribution in [0.25, 0.3) is 0 Å². The molecule has 0 aromatic carbocycles. The van der Waals surface area contributed by atoms with Crippen molar-refractivity contribution in [3.8, 4) is 0 Å². The van der Waals surface area contributed by atoms with Crippen LogP contribution in [-0.2, 0) is 4.74 Å². The number of amides is 2. The van der Waals surface area contributed by atoms with E-state index in [0.29, 0.717) is 18.2 Å². The number of thiophene rings is 1. The molecule has 1 aliphatic heterocycles. The fraction of sp³-hybridized carbons (Fsp3) is 0.429. The molecule has 0 aliphatic carbocycles. The van der Waals surface area contributed by atoms with Crippen LogP contribution in [0.1, 0.15) is 23.5 Å². The van der Waals surface area contributed by atoms with Crippen molar-refractivity contribution in [1.29, 1.82) is 0 Å². The van der Waals surface area contributed by atoms with E-state index in [1.165, 1.54) is 11.3 Å². The van der Waals surface area contributed by atoms with Crippen molar-refractivity contribution in [2.45, 2.75) is 26.1 Å². The number of thiazole rings is 1. The number of carbonyl (C=O) groups is 1. The maximum atomic E-state index is 12.4. The second-order valence-corrected chi connectivity index (χ2v) is 7.12. The molecule has 3 rings (SSSR count). The number of hydrogen-bond donors (Lipinski definition) is 1. The predicted molar refractivity (Wildman–Crippen MR) is 85.0 cm³/mol. The van der Waals surface area contributed by atoms with E-state index in [-0.39, 0.29) is 18.2 Å². The van der Waals surface area contributed by atoms with Gasteiger partial charge in [-0.15, -0.1) is 11.3 Å². The number of urea groups is 1. The zero-order valence-electron chi connectivity index (χ0n) is 11.9. The maximum Gasteiger partial charge on any atom is 0.323 e. The molecule has 0 spiro atoms. The molecule has 1 aliphatic rings. The zero-order chi connectivity index (χ0) is 14.8. The molecule has 5 nitrogen and oxygen atoms in total. The van der Waals surface area contributed by atoms with Crippen molar-refractivity contribution < 1.29 is 9.53 Å². The zero-order valence-corrected chi connectivity index (χ0v) is 13.5. The van der Waals surface area contributed by atoms with Crippen LogP contribution in [0.5, 0.6) is 0 Å². The van der Waals surface area contributed by atoms with E-state index >= 15 is 0 Å². The second-order valence-electron chi connectivity index (χ2n) is 5.10. The highest BCUT2D eigenvalue weighted by Crippen LogP contribution is 2.27. The lowest BCUT2D eigenvalue weighted by Gasteiger charge is -2.36. The van der Waals surface area contributed by atoms with E-state index in [0.717, 1.165) is 10.4 Å². The van der Waals surface area contributed by atoms with Gasteiger partial charge in [0.25, 0.3) is 0 Å². The number of morpholine rings is 1. The monoisotopic (exact) mass is 323 g/mol. The quantitative estimate of drug-likeness (QED) is 0.920. The number of ether oxygens (including phenoxy) is 1. The molecule has 21 heavy (non-hydrogen) atoms. The molecular weight excluding hydrogens is 306 g/mol. The standard InChI is InChI=1S/C14H17N3O2S2/c1-9-6-17(7-12(19-9)11-3-4-20-8-11)14(18)16-13-15-5-10(2)21-13/h3-5,8-9,12H,6-7H2,1-2H3,(H,15,16,18)/t9-,12-/m1/s1. The molecule has 1 saturated heterocycles. The van der Waals surface area contributed by atoms with Gasteiger partial charge in [0, 0.05) is 17.6 Å². The number of nitrogens with zero attached hydrogens (tertiary/aromatic N) is 2. The minimum atomic E-state index is -0.111. The normalized spacial score (nSPS) is 22.3. The van der Waals surface area contributed by atoms with Gasteiger partial charge in [-0.3, -0.25) is 5.32 Å². The van der Waals surface area contributed by atoms with Crippen molar-refractivity contribution in [3.63, 3.8) is 0 Å². The number of hydrogen-bond acceptors (Lipinski definition) is 5. The molecule has 7 heteroatoms. The number of carbonyl (C=O) groups excluding carboxylic acids is 1. The van der Waals surface area contributed by atoms with Crippen LogP contribution >= 0.6 is 22.7 Å². The Labute approximate surface area is 131 Å². The number of rotatable bonds is 2. The third-order valence-electron chi connectivity index (χ3n) is 3.30. The van der Waals surface area contributed by atoms with Crippen molar-refractivity contribution in [3.05, 3.63) is 33.5 Å². The molecular formula is C14H17N3O2S2. The van der Waals surface area contributed by atoms with Crippen molar-refractivity contribution in [2.24, 2.45) is 0 Å². The average Bonchev–Trinajstić information content (AvgIpc) is 3.10. The Balaban J connectivity index is 1.67. The summed E-state index contributed by atoms with van der Waals surface area (Å²) in [7, 11) is 0. The van der Waals surface area contributed by atoms with Gasteiger partial charge < -0.3 is 9.64 Å². The molecule has 0 bridgehead atoms. The first kappa shape index (κ1) is 14.5. The highest BCUT2D eigenvalue weighted by atomic mass is 32.1. The van der Waals surface area contributed by atoms with Crippen LogP contribution in [0.2, 0.25) is 0 Å². The van der Waals surface area contributed by atoms with E-state index in [1.807, 2.05) is 25.3 Å². The number of aromatic nitrogens is 1. The summed E-state index contributed by atoms with van der Waals surface area (Å²) in [6.07, 6.45) is 1.73. The van der Waals surface area contributed by atoms with E-state index in [9.17, 15) is 4.79 Å². The molecule has 0 saturated carbocycles. The number of aryl methyl sites for hydroxylation is 1. The summed E-state index contributed by atoms with van der Waals surface area (Å²) in [6, 6.07) is 1.94. The topological polar surface area (TPSA) is 54.5 Å². The SMILES string of the molecule is Cc1cnc(NC(=O)N2C[C@@H](C)O[C@@H](c3ccsc3)C2)s1. The van der Waals surface area contributed by atoms with Crippen molar-refractivity contribution in [1.82, 2.24) is 9.88 Å². The van der Waals surface area contributed by atoms with Crippen LogP contribution in [-0.4, -0.2) is 35.1 Å². The number of nitrogens with one attached hydrogen (secondary N) is 1. The smallest absolute Gasteiger partial charge is 0.323 e. The first-order valence-electron chi connectivity index (χ1n) is 6.77. The van der Waals surface area contributed by atoms with E-state index < -0.39 is 0 Å². The molecule has 3 heterocycles. The minimum absolute atomic E-state index is 0.0208. The molecule has 1 N–H and O–H groups in total. The Hall–Kier alpha value is -1.44. The predicted octanol–water partition coefficient (Wildman–Crippen LogP) is 3.51. The third-order valence-corrected chi connectivity index (χ3v) is 4.83. The van der Waals surface area contributed by atoms with Gasteiger partial charge in [0.1, 0.15) is 6.10 Å². The van der Waals surface area contributed by atoms with Crippen LogP contribution < -0.4 is 5.32 Å².